The molecule has 1 aromatic rings. The Morgan fingerprint density at radius 3 is 2.30 bits per heavy atom. The van der Waals surface area contributed by atoms with Crippen LogP contribution >= 0.6 is 0 Å². The number of rotatable bonds is 7. The van der Waals surface area contributed by atoms with Crippen molar-refractivity contribution in [1.29, 1.82) is 0 Å². The lowest BCUT2D eigenvalue weighted by Crippen LogP contribution is -2.37. The Bertz CT molecular complexity index is 548. The van der Waals surface area contributed by atoms with Crippen molar-refractivity contribution < 1.29 is 13.2 Å². The molecule has 114 valence electrons. The van der Waals surface area contributed by atoms with Gasteiger partial charge in [0, 0.05) is 5.41 Å². The van der Waals surface area contributed by atoms with Gasteiger partial charge in [0.15, 0.2) is 0 Å². The van der Waals surface area contributed by atoms with Gasteiger partial charge in [0.1, 0.15) is 5.75 Å². The first-order valence-corrected chi connectivity index (χ1v) is 8.63. The average molecular weight is 299 g/mol. The Labute approximate surface area is 122 Å². The molecule has 0 amide bonds. The van der Waals surface area contributed by atoms with Crippen LogP contribution in [-0.4, -0.2) is 20.8 Å². The summed E-state index contributed by atoms with van der Waals surface area (Å²) >= 11 is 0. The van der Waals surface area contributed by atoms with E-state index in [0.717, 1.165) is 16.9 Å². The van der Waals surface area contributed by atoms with Gasteiger partial charge in [-0.3, -0.25) is 0 Å². The number of benzene rings is 1. The second kappa shape index (κ2) is 6.59. The number of ether oxygens (including phenoxy) is 1. The third-order valence-corrected chi connectivity index (χ3v) is 4.90. The topological polar surface area (TPSA) is 69.4 Å². The quantitative estimate of drug-likeness (QED) is 0.841. The van der Waals surface area contributed by atoms with Crippen molar-refractivity contribution in [2.75, 3.05) is 12.4 Å². The monoisotopic (exact) mass is 299 g/mol. The normalized spacial score (nSPS) is 12.4. The summed E-state index contributed by atoms with van der Waals surface area (Å²) in [5, 5.41) is 5.21. The molecule has 0 saturated heterocycles. The molecule has 0 radical (unpaired) electrons. The van der Waals surface area contributed by atoms with Crippen LogP contribution in [-0.2, 0) is 10.0 Å². The second-order valence-corrected chi connectivity index (χ2v) is 7.19. The molecule has 0 unspecified atom stereocenters. The summed E-state index contributed by atoms with van der Waals surface area (Å²) in [6.45, 7) is 8.29. The van der Waals surface area contributed by atoms with E-state index >= 15 is 0 Å². The highest BCUT2D eigenvalue weighted by molar-refractivity contribution is 7.89. The lowest BCUT2D eigenvalue weighted by atomic mass is 9.85. The fraction of sp³-hybridized carbons (Fsp3) is 0.600. The average Bonchev–Trinajstić information content (AvgIpc) is 2.37. The zero-order valence-corrected chi connectivity index (χ0v) is 13.6. The lowest BCUT2D eigenvalue weighted by molar-refractivity contribution is 0.153. The molecule has 1 rings (SSSR count). The van der Waals surface area contributed by atoms with Crippen molar-refractivity contribution in [3.8, 4) is 5.75 Å². The minimum atomic E-state index is -3.51. The first kappa shape index (κ1) is 17.0. The van der Waals surface area contributed by atoms with Crippen molar-refractivity contribution in [2.45, 2.75) is 40.5 Å². The summed E-state index contributed by atoms with van der Waals surface area (Å²) in [5.74, 6) is 0.767. The highest BCUT2D eigenvalue weighted by atomic mass is 32.2. The van der Waals surface area contributed by atoms with E-state index in [0.29, 0.717) is 19.4 Å². The molecule has 0 atom stereocenters. The highest BCUT2D eigenvalue weighted by Gasteiger charge is 2.32. The minimum Gasteiger partial charge on any atom is -0.493 e. The Morgan fingerprint density at radius 2 is 1.80 bits per heavy atom. The lowest BCUT2D eigenvalue weighted by Gasteiger charge is -2.30. The van der Waals surface area contributed by atoms with Crippen molar-refractivity contribution in [1.82, 2.24) is 0 Å². The SMILES string of the molecule is CCC(CC)(COc1cc(C)ccc1C)CS(N)(=O)=O. The Kier molecular flexibility index (Phi) is 5.59. The molecule has 4 nitrogen and oxygen atoms in total. The zero-order valence-electron chi connectivity index (χ0n) is 12.8. The second-order valence-electron chi connectivity index (χ2n) is 5.57. The van der Waals surface area contributed by atoms with E-state index in [1.165, 1.54) is 0 Å². The van der Waals surface area contributed by atoms with E-state index in [4.69, 9.17) is 9.88 Å². The maximum Gasteiger partial charge on any atom is 0.209 e. The molecule has 0 aliphatic carbocycles. The summed E-state index contributed by atoms with van der Waals surface area (Å²) in [6.07, 6.45) is 1.43. The third kappa shape index (κ3) is 4.80. The summed E-state index contributed by atoms with van der Waals surface area (Å²) < 4.78 is 28.7. The third-order valence-electron chi connectivity index (χ3n) is 3.88. The van der Waals surface area contributed by atoms with Crippen LogP contribution in [0.1, 0.15) is 37.8 Å². The summed E-state index contributed by atoms with van der Waals surface area (Å²) in [4.78, 5) is 0. The van der Waals surface area contributed by atoms with Gasteiger partial charge >= 0.3 is 0 Å². The van der Waals surface area contributed by atoms with E-state index in [9.17, 15) is 8.42 Å². The van der Waals surface area contributed by atoms with Gasteiger partial charge < -0.3 is 4.74 Å². The number of sulfonamides is 1. The first-order valence-electron chi connectivity index (χ1n) is 6.92. The predicted octanol–water partition coefficient (Wildman–Crippen LogP) is 2.78. The standard InChI is InChI=1S/C15H25NO3S/c1-5-15(6-2,11-20(16,17)18)10-19-14-9-12(3)7-8-13(14)4/h7-9H,5-6,10-11H2,1-4H3,(H2,16,17,18). The minimum absolute atomic E-state index is 0.0438. The molecule has 0 aliphatic heterocycles. The van der Waals surface area contributed by atoms with Crippen LogP contribution < -0.4 is 9.88 Å². The van der Waals surface area contributed by atoms with E-state index < -0.39 is 15.4 Å². The fourth-order valence-corrected chi connectivity index (χ4v) is 3.57. The van der Waals surface area contributed by atoms with Crippen molar-refractivity contribution >= 4 is 10.0 Å². The number of aryl methyl sites for hydroxylation is 2. The molecule has 5 heteroatoms. The summed E-state index contributed by atoms with van der Waals surface area (Å²) in [7, 11) is -3.51. The number of hydrogen-bond acceptors (Lipinski definition) is 3. The van der Waals surface area contributed by atoms with Crippen LogP contribution in [0, 0.1) is 19.3 Å². The van der Waals surface area contributed by atoms with Crippen molar-refractivity contribution in [2.24, 2.45) is 10.6 Å². The smallest absolute Gasteiger partial charge is 0.209 e. The largest absolute Gasteiger partial charge is 0.493 e. The van der Waals surface area contributed by atoms with Gasteiger partial charge in [0.2, 0.25) is 10.0 Å². The van der Waals surface area contributed by atoms with Gasteiger partial charge in [0.05, 0.1) is 12.4 Å². The van der Waals surface area contributed by atoms with Gasteiger partial charge in [-0.1, -0.05) is 26.0 Å². The number of nitrogens with two attached hydrogens (primary N) is 1. The van der Waals surface area contributed by atoms with Gasteiger partial charge in [-0.15, -0.1) is 0 Å². The Morgan fingerprint density at radius 1 is 1.20 bits per heavy atom. The van der Waals surface area contributed by atoms with Crippen LogP contribution in [0.2, 0.25) is 0 Å². The van der Waals surface area contributed by atoms with Crippen LogP contribution in [0.5, 0.6) is 5.75 Å². The maximum atomic E-state index is 11.4. The molecule has 0 fully saturated rings. The molecule has 0 heterocycles. The Balaban J connectivity index is 2.89. The molecular formula is C15H25NO3S. The molecule has 0 bridgehead atoms. The van der Waals surface area contributed by atoms with Gasteiger partial charge in [-0.25, -0.2) is 13.6 Å². The van der Waals surface area contributed by atoms with Crippen molar-refractivity contribution in [3.05, 3.63) is 29.3 Å². The van der Waals surface area contributed by atoms with Gasteiger partial charge in [0.25, 0.3) is 0 Å². The molecule has 1 aromatic carbocycles. The van der Waals surface area contributed by atoms with Crippen LogP contribution in [0.25, 0.3) is 0 Å². The van der Waals surface area contributed by atoms with E-state index in [-0.39, 0.29) is 5.75 Å². The van der Waals surface area contributed by atoms with E-state index in [1.807, 2.05) is 45.9 Å². The molecule has 2 N–H and O–H groups in total. The molecule has 0 spiro atoms. The zero-order chi connectivity index (χ0) is 15.4. The predicted molar refractivity (Wildman–Crippen MR) is 82.4 cm³/mol. The summed E-state index contributed by atoms with van der Waals surface area (Å²) in [5.41, 5.74) is 1.74. The maximum absolute atomic E-state index is 11.4. The van der Waals surface area contributed by atoms with Crippen LogP contribution in [0.4, 0.5) is 0 Å². The molecule has 0 saturated carbocycles. The highest BCUT2D eigenvalue weighted by Crippen LogP contribution is 2.30. The van der Waals surface area contributed by atoms with Crippen LogP contribution in [0.3, 0.4) is 0 Å². The molecule has 0 aliphatic rings. The van der Waals surface area contributed by atoms with Gasteiger partial charge in [-0.2, -0.15) is 0 Å². The van der Waals surface area contributed by atoms with Crippen LogP contribution in [0.15, 0.2) is 18.2 Å². The molecule has 20 heavy (non-hydrogen) atoms. The molecular weight excluding hydrogens is 274 g/mol. The summed E-state index contributed by atoms with van der Waals surface area (Å²) in [6, 6.07) is 6.01. The Hall–Kier alpha value is -1.07. The number of primary sulfonamides is 1. The van der Waals surface area contributed by atoms with E-state index in [2.05, 4.69) is 0 Å². The first-order chi connectivity index (χ1) is 9.21. The van der Waals surface area contributed by atoms with Crippen molar-refractivity contribution in [3.63, 3.8) is 0 Å². The molecule has 0 aromatic heterocycles. The fourth-order valence-electron chi connectivity index (χ4n) is 2.22. The number of hydrogen-bond donors (Lipinski definition) is 1. The van der Waals surface area contributed by atoms with Gasteiger partial charge in [-0.05, 0) is 43.9 Å². The van der Waals surface area contributed by atoms with E-state index in [1.54, 1.807) is 0 Å².